The summed E-state index contributed by atoms with van der Waals surface area (Å²) in [7, 11) is 0. The van der Waals surface area contributed by atoms with Gasteiger partial charge in [-0.3, -0.25) is 9.59 Å². The lowest BCUT2D eigenvalue weighted by molar-refractivity contribution is 0.0860. The van der Waals surface area contributed by atoms with Gasteiger partial charge in [0.15, 0.2) is 0 Å². The van der Waals surface area contributed by atoms with Crippen LogP contribution in [0.5, 0.6) is 5.75 Å². The Bertz CT molecular complexity index is 1160. The summed E-state index contributed by atoms with van der Waals surface area (Å²) in [6, 6.07) is 12.7. The first kappa shape index (κ1) is 24.2. The van der Waals surface area contributed by atoms with Crippen molar-refractivity contribution in [2.24, 2.45) is 0 Å². The molecule has 6 nitrogen and oxygen atoms in total. The van der Waals surface area contributed by atoms with E-state index < -0.39 is 0 Å². The predicted molar refractivity (Wildman–Crippen MR) is 135 cm³/mol. The second kappa shape index (κ2) is 11.0. The molecule has 1 aromatic heterocycles. The Balaban J connectivity index is 1.36. The maximum atomic E-state index is 12.9. The molecule has 2 N–H and O–H groups in total. The quantitative estimate of drug-likeness (QED) is 0.454. The van der Waals surface area contributed by atoms with Crippen molar-refractivity contribution in [1.82, 2.24) is 15.6 Å². The largest absolute Gasteiger partial charge is 0.486 e. The van der Waals surface area contributed by atoms with Gasteiger partial charge in [-0.15, -0.1) is 11.3 Å². The summed E-state index contributed by atoms with van der Waals surface area (Å²) in [5, 5.41) is 9.03. The topological polar surface area (TPSA) is 80.3 Å². The summed E-state index contributed by atoms with van der Waals surface area (Å²) >= 11 is 7.57. The van der Waals surface area contributed by atoms with E-state index in [1.165, 1.54) is 11.3 Å². The molecule has 2 aromatic carbocycles. The summed E-state index contributed by atoms with van der Waals surface area (Å²) in [4.78, 5) is 30.1. The Labute approximate surface area is 208 Å². The Hall–Kier alpha value is -2.90. The summed E-state index contributed by atoms with van der Waals surface area (Å²) in [6.45, 7) is 4.36. The number of benzene rings is 2. The number of carbonyl (C=O) groups is 2. The number of aromatic nitrogens is 1. The molecular weight excluding hydrogens is 470 g/mol. The van der Waals surface area contributed by atoms with Crippen LogP contribution in [0.3, 0.4) is 0 Å². The second-order valence-corrected chi connectivity index (χ2v) is 10.0. The average Bonchev–Trinajstić information content (AvgIpc) is 3.28. The molecule has 1 heterocycles. The minimum atomic E-state index is -0.238. The van der Waals surface area contributed by atoms with Crippen LogP contribution in [0.25, 0.3) is 0 Å². The number of thiazole rings is 1. The zero-order chi connectivity index (χ0) is 24.1. The maximum absolute atomic E-state index is 12.9. The lowest BCUT2D eigenvalue weighted by atomic mass is 9.90. The molecule has 178 valence electrons. The van der Waals surface area contributed by atoms with Crippen molar-refractivity contribution in [2.75, 3.05) is 0 Å². The minimum Gasteiger partial charge on any atom is -0.486 e. The molecule has 1 aliphatic carbocycles. The Morgan fingerprint density at radius 2 is 1.68 bits per heavy atom. The van der Waals surface area contributed by atoms with Crippen molar-refractivity contribution < 1.29 is 14.3 Å². The first-order valence-corrected chi connectivity index (χ1v) is 12.7. The normalized spacial score (nSPS) is 17.7. The van der Waals surface area contributed by atoms with Gasteiger partial charge < -0.3 is 15.4 Å². The lowest BCUT2D eigenvalue weighted by Gasteiger charge is -2.32. The van der Waals surface area contributed by atoms with E-state index in [1.807, 2.05) is 26.0 Å². The van der Waals surface area contributed by atoms with E-state index in [2.05, 4.69) is 21.7 Å². The van der Waals surface area contributed by atoms with Crippen LogP contribution in [-0.2, 0) is 6.61 Å². The molecule has 0 bridgehead atoms. The van der Waals surface area contributed by atoms with Crippen LogP contribution >= 0.6 is 22.9 Å². The number of carbonyl (C=O) groups excluding carboxylic acids is 2. The van der Waals surface area contributed by atoms with Gasteiger partial charge in [0.05, 0.1) is 10.6 Å². The van der Waals surface area contributed by atoms with Gasteiger partial charge in [0.1, 0.15) is 23.1 Å². The molecule has 2 atom stereocenters. The molecule has 3 aromatic rings. The number of nitrogens with zero attached hydrogens (tertiary/aromatic N) is 1. The number of halogens is 1. The third kappa shape index (κ3) is 6.15. The van der Waals surface area contributed by atoms with Crippen molar-refractivity contribution in [3.63, 3.8) is 0 Å². The Morgan fingerprint density at radius 3 is 2.35 bits per heavy atom. The van der Waals surface area contributed by atoms with Crippen LogP contribution in [0.1, 0.15) is 62.7 Å². The van der Waals surface area contributed by atoms with Gasteiger partial charge >= 0.3 is 0 Å². The summed E-state index contributed by atoms with van der Waals surface area (Å²) in [5.74, 6) is 0.326. The molecule has 34 heavy (non-hydrogen) atoms. The highest BCUT2D eigenvalue weighted by Gasteiger charge is 2.29. The molecule has 0 unspecified atom stereocenters. The fraction of sp³-hybridized carbons (Fsp3) is 0.346. The van der Waals surface area contributed by atoms with Gasteiger partial charge in [0, 0.05) is 17.5 Å². The molecule has 1 aliphatic rings. The van der Waals surface area contributed by atoms with E-state index in [0.717, 1.165) is 47.6 Å². The third-order valence-corrected chi connectivity index (χ3v) is 7.01. The number of ether oxygens (including phenoxy) is 1. The second-order valence-electron chi connectivity index (χ2n) is 8.66. The van der Waals surface area contributed by atoms with Crippen molar-refractivity contribution in [1.29, 1.82) is 0 Å². The van der Waals surface area contributed by atoms with Gasteiger partial charge in [-0.1, -0.05) is 42.6 Å². The highest BCUT2D eigenvalue weighted by Crippen LogP contribution is 2.22. The van der Waals surface area contributed by atoms with E-state index in [4.69, 9.17) is 16.3 Å². The first-order chi connectivity index (χ1) is 16.4. The van der Waals surface area contributed by atoms with E-state index in [9.17, 15) is 9.59 Å². The predicted octanol–water partition coefficient (Wildman–Crippen LogP) is 5.46. The molecule has 0 spiro atoms. The summed E-state index contributed by atoms with van der Waals surface area (Å²) < 4.78 is 5.87. The maximum Gasteiger partial charge on any atom is 0.271 e. The van der Waals surface area contributed by atoms with Crippen LogP contribution in [-0.4, -0.2) is 28.9 Å². The fourth-order valence-electron chi connectivity index (χ4n) is 4.25. The van der Waals surface area contributed by atoms with Gasteiger partial charge in [-0.2, -0.15) is 0 Å². The highest BCUT2D eigenvalue weighted by molar-refractivity contribution is 7.09. The van der Waals surface area contributed by atoms with Crippen LogP contribution in [0.4, 0.5) is 0 Å². The summed E-state index contributed by atoms with van der Waals surface area (Å²) in [6.07, 6.45) is 3.59. The Kier molecular flexibility index (Phi) is 7.85. The zero-order valence-corrected chi connectivity index (χ0v) is 20.8. The van der Waals surface area contributed by atoms with Crippen molar-refractivity contribution in [2.45, 2.75) is 58.2 Å². The molecule has 8 heteroatoms. The molecule has 1 saturated carbocycles. The van der Waals surface area contributed by atoms with E-state index in [1.54, 1.807) is 29.6 Å². The number of amides is 2. The Morgan fingerprint density at radius 1 is 1.03 bits per heavy atom. The van der Waals surface area contributed by atoms with Crippen LogP contribution < -0.4 is 15.4 Å². The van der Waals surface area contributed by atoms with Crippen molar-refractivity contribution in [3.05, 3.63) is 80.3 Å². The molecule has 2 amide bonds. The number of rotatable bonds is 7. The van der Waals surface area contributed by atoms with E-state index in [0.29, 0.717) is 22.9 Å². The molecule has 1 fully saturated rings. The van der Waals surface area contributed by atoms with Crippen LogP contribution in [0.2, 0.25) is 5.02 Å². The third-order valence-electron chi connectivity index (χ3n) is 5.86. The van der Waals surface area contributed by atoms with E-state index >= 15 is 0 Å². The van der Waals surface area contributed by atoms with Crippen molar-refractivity contribution >= 4 is 34.8 Å². The van der Waals surface area contributed by atoms with Gasteiger partial charge in [-0.25, -0.2) is 4.98 Å². The molecule has 0 radical (unpaired) electrons. The van der Waals surface area contributed by atoms with Crippen LogP contribution in [0, 0.1) is 13.8 Å². The number of hydrogen-bond donors (Lipinski definition) is 2. The monoisotopic (exact) mass is 497 g/mol. The standard InChI is InChI=1S/C26H28ClN3O3S/c1-16-11-17(2)13-18(12-16)33-14-24-28-23(15-34-24)26(32)30-22-10-6-5-9-21(22)29-25(31)19-7-3-4-8-20(19)27/h3-4,7-8,11-13,15,21-22H,5-6,9-10,14H2,1-2H3,(H,29,31)(H,30,32)/t21-,22-/m0/s1. The molecule has 0 saturated heterocycles. The number of hydrogen-bond acceptors (Lipinski definition) is 5. The highest BCUT2D eigenvalue weighted by atomic mass is 35.5. The zero-order valence-electron chi connectivity index (χ0n) is 19.3. The lowest BCUT2D eigenvalue weighted by Crippen LogP contribution is -2.53. The van der Waals surface area contributed by atoms with Crippen molar-refractivity contribution in [3.8, 4) is 5.75 Å². The molecular formula is C26H28ClN3O3S. The summed E-state index contributed by atoms with van der Waals surface area (Å²) in [5.41, 5.74) is 3.08. The fourth-order valence-corrected chi connectivity index (χ4v) is 5.16. The first-order valence-electron chi connectivity index (χ1n) is 11.4. The molecule has 4 rings (SSSR count). The smallest absolute Gasteiger partial charge is 0.271 e. The van der Waals surface area contributed by atoms with E-state index in [-0.39, 0.29) is 23.9 Å². The molecule has 0 aliphatic heterocycles. The van der Waals surface area contributed by atoms with Gasteiger partial charge in [0.2, 0.25) is 0 Å². The number of aryl methyl sites for hydroxylation is 2. The minimum absolute atomic E-state index is 0.160. The SMILES string of the molecule is Cc1cc(C)cc(OCc2nc(C(=O)N[C@H]3CCCC[C@@H]3NC(=O)c3ccccc3Cl)cs2)c1. The van der Waals surface area contributed by atoms with Gasteiger partial charge in [0.25, 0.3) is 11.8 Å². The van der Waals surface area contributed by atoms with Gasteiger partial charge in [-0.05, 0) is 62.1 Å². The van der Waals surface area contributed by atoms with Crippen LogP contribution in [0.15, 0.2) is 47.8 Å². The average molecular weight is 498 g/mol. The number of nitrogens with one attached hydrogen (secondary N) is 2.